The van der Waals surface area contributed by atoms with Gasteiger partial charge in [0.25, 0.3) is 5.91 Å². The third-order valence-corrected chi connectivity index (χ3v) is 6.99. The number of methoxy groups -OCH3 is 1. The summed E-state index contributed by atoms with van der Waals surface area (Å²) in [5.41, 5.74) is 3.87. The van der Waals surface area contributed by atoms with Crippen molar-refractivity contribution in [3.63, 3.8) is 0 Å². The van der Waals surface area contributed by atoms with Gasteiger partial charge in [0.1, 0.15) is 11.8 Å². The molecule has 36 heavy (non-hydrogen) atoms. The van der Waals surface area contributed by atoms with Crippen LogP contribution in [0.2, 0.25) is 5.02 Å². The van der Waals surface area contributed by atoms with Crippen molar-refractivity contribution >= 4 is 40.9 Å². The quantitative estimate of drug-likeness (QED) is 0.286. The highest BCUT2D eigenvalue weighted by Crippen LogP contribution is 2.38. The van der Waals surface area contributed by atoms with Gasteiger partial charge in [0.15, 0.2) is 0 Å². The lowest BCUT2D eigenvalue weighted by Crippen LogP contribution is -2.31. The van der Waals surface area contributed by atoms with Gasteiger partial charge in [-0.15, -0.1) is 5.10 Å². The SMILES string of the molecule is COc1ccccc1NC(=O)C1=C(C)Nc2nc(SCc3ccccc3)nn2[C@@H]1c1ccc(Cl)cc1. The third kappa shape index (κ3) is 4.96. The molecule has 182 valence electrons. The lowest BCUT2D eigenvalue weighted by molar-refractivity contribution is -0.113. The Bertz CT molecular complexity index is 1420. The van der Waals surface area contributed by atoms with E-state index in [-0.39, 0.29) is 5.91 Å². The van der Waals surface area contributed by atoms with Crippen LogP contribution in [0.25, 0.3) is 0 Å². The van der Waals surface area contributed by atoms with E-state index in [1.54, 1.807) is 35.7 Å². The van der Waals surface area contributed by atoms with E-state index >= 15 is 0 Å². The number of thioether (sulfide) groups is 1. The first-order valence-electron chi connectivity index (χ1n) is 11.3. The molecule has 5 rings (SSSR count). The number of para-hydroxylation sites is 2. The minimum Gasteiger partial charge on any atom is -0.495 e. The van der Waals surface area contributed by atoms with Crippen molar-refractivity contribution < 1.29 is 9.53 Å². The molecule has 0 saturated carbocycles. The van der Waals surface area contributed by atoms with Gasteiger partial charge >= 0.3 is 0 Å². The number of halogens is 1. The molecule has 1 aromatic heterocycles. The molecule has 3 aromatic carbocycles. The van der Waals surface area contributed by atoms with Gasteiger partial charge in [-0.3, -0.25) is 4.79 Å². The molecule has 1 aliphatic rings. The first-order chi connectivity index (χ1) is 17.5. The summed E-state index contributed by atoms with van der Waals surface area (Å²) >= 11 is 7.71. The number of ether oxygens (including phenoxy) is 1. The number of carbonyl (C=O) groups is 1. The van der Waals surface area contributed by atoms with Gasteiger partial charge in [0.05, 0.1) is 18.4 Å². The number of nitrogens with zero attached hydrogens (tertiary/aromatic N) is 3. The zero-order chi connectivity index (χ0) is 25.1. The van der Waals surface area contributed by atoms with Gasteiger partial charge in [0.2, 0.25) is 11.1 Å². The molecule has 7 nitrogen and oxygen atoms in total. The van der Waals surface area contributed by atoms with Crippen molar-refractivity contribution in [1.82, 2.24) is 14.8 Å². The minimum atomic E-state index is -0.494. The predicted molar refractivity (Wildman–Crippen MR) is 144 cm³/mol. The number of aromatic nitrogens is 3. The van der Waals surface area contributed by atoms with Crippen LogP contribution in [0.5, 0.6) is 5.75 Å². The number of amides is 1. The third-order valence-electron chi connectivity index (χ3n) is 5.83. The Labute approximate surface area is 218 Å². The topological polar surface area (TPSA) is 81.1 Å². The van der Waals surface area contributed by atoms with Crippen LogP contribution in [0.1, 0.15) is 24.1 Å². The van der Waals surface area contributed by atoms with Crippen LogP contribution in [0, 0.1) is 0 Å². The van der Waals surface area contributed by atoms with Gasteiger partial charge < -0.3 is 15.4 Å². The Balaban J connectivity index is 1.50. The van der Waals surface area contributed by atoms with Crippen molar-refractivity contribution in [3.05, 3.63) is 106 Å². The molecule has 0 spiro atoms. The zero-order valence-corrected chi connectivity index (χ0v) is 21.3. The molecular weight excluding hydrogens is 494 g/mol. The lowest BCUT2D eigenvalue weighted by atomic mass is 9.95. The summed E-state index contributed by atoms with van der Waals surface area (Å²) in [7, 11) is 1.57. The molecule has 0 fully saturated rings. The second-order valence-corrected chi connectivity index (χ2v) is 9.59. The molecule has 0 radical (unpaired) electrons. The fourth-order valence-corrected chi connectivity index (χ4v) is 5.01. The van der Waals surface area contributed by atoms with E-state index in [9.17, 15) is 4.79 Å². The van der Waals surface area contributed by atoms with Crippen molar-refractivity contribution in [1.29, 1.82) is 0 Å². The number of fused-ring (bicyclic) bond motifs is 1. The summed E-state index contributed by atoms with van der Waals surface area (Å²) < 4.78 is 7.18. The Morgan fingerprint density at radius 3 is 2.56 bits per heavy atom. The average Bonchev–Trinajstić information content (AvgIpc) is 3.30. The van der Waals surface area contributed by atoms with E-state index in [0.29, 0.717) is 38.8 Å². The molecule has 1 amide bonds. The van der Waals surface area contributed by atoms with Gasteiger partial charge in [-0.25, -0.2) is 4.68 Å². The van der Waals surface area contributed by atoms with Crippen LogP contribution in [-0.4, -0.2) is 27.8 Å². The summed E-state index contributed by atoms with van der Waals surface area (Å²) in [5, 5.41) is 12.3. The fraction of sp³-hybridized carbons (Fsp3) is 0.148. The molecule has 0 aliphatic carbocycles. The van der Waals surface area contributed by atoms with Crippen LogP contribution >= 0.6 is 23.4 Å². The first-order valence-corrected chi connectivity index (χ1v) is 12.7. The second-order valence-electron chi connectivity index (χ2n) is 8.21. The molecule has 0 unspecified atom stereocenters. The van der Waals surface area contributed by atoms with Crippen molar-refractivity contribution in [2.24, 2.45) is 0 Å². The van der Waals surface area contributed by atoms with E-state index in [2.05, 4.69) is 22.8 Å². The number of benzene rings is 3. The number of nitrogens with one attached hydrogen (secondary N) is 2. The van der Waals surface area contributed by atoms with E-state index in [1.165, 1.54) is 5.56 Å². The molecule has 2 N–H and O–H groups in total. The van der Waals surface area contributed by atoms with Crippen LogP contribution in [0.3, 0.4) is 0 Å². The number of carbonyl (C=O) groups excluding carboxylic acids is 1. The summed E-state index contributed by atoms with van der Waals surface area (Å²) in [4.78, 5) is 18.4. The lowest BCUT2D eigenvalue weighted by Gasteiger charge is -2.28. The first kappa shape index (κ1) is 24.0. The maximum absolute atomic E-state index is 13.7. The van der Waals surface area contributed by atoms with Gasteiger partial charge in [0, 0.05) is 16.5 Å². The predicted octanol–water partition coefficient (Wildman–Crippen LogP) is 6.16. The van der Waals surface area contributed by atoms with Gasteiger partial charge in [-0.1, -0.05) is 78.0 Å². The number of hydrogen-bond donors (Lipinski definition) is 2. The summed E-state index contributed by atoms with van der Waals surface area (Å²) in [6.07, 6.45) is 0. The van der Waals surface area contributed by atoms with E-state index in [0.717, 1.165) is 11.3 Å². The Morgan fingerprint density at radius 2 is 1.81 bits per heavy atom. The minimum absolute atomic E-state index is 0.260. The van der Waals surface area contributed by atoms with Crippen LogP contribution < -0.4 is 15.4 Å². The summed E-state index contributed by atoms with van der Waals surface area (Å²) in [6, 6.07) is 24.4. The van der Waals surface area contributed by atoms with Crippen LogP contribution in [0.4, 0.5) is 11.6 Å². The molecule has 1 aliphatic heterocycles. The Kier molecular flexibility index (Phi) is 6.97. The van der Waals surface area contributed by atoms with Crippen molar-refractivity contribution in [2.75, 3.05) is 17.7 Å². The van der Waals surface area contributed by atoms with E-state index < -0.39 is 6.04 Å². The maximum atomic E-state index is 13.7. The zero-order valence-electron chi connectivity index (χ0n) is 19.7. The number of anilines is 2. The summed E-state index contributed by atoms with van der Waals surface area (Å²) in [6.45, 7) is 1.87. The monoisotopic (exact) mass is 517 g/mol. The maximum Gasteiger partial charge on any atom is 0.255 e. The number of rotatable bonds is 7. The Hall–Kier alpha value is -3.75. The largest absolute Gasteiger partial charge is 0.495 e. The van der Waals surface area contributed by atoms with Crippen LogP contribution in [-0.2, 0) is 10.5 Å². The fourth-order valence-electron chi connectivity index (χ4n) is 4.10. The smallest absolute Gasteiger partial charge is 0.255 e. The van der Waals surface area contributed by atoms with Crippen molar-refractivity contribution in [3.8, 4) is 5.75 Å². The van der Waals surface area contributed by atoms with E-state index in [1.807, 2.05) is 61.5 Å². The highest BCUT2D eigenvalue weighted by atomic mass is 35.5. The van der Waals surface area contributed by atoms with Crippen LogP contribution in [0.15, 0.2) is 95.3 Å². The highest BCUT2D eigenvalue weighted by molar-refractivity contribution is 7.98. The number of allylic oxidation sites excluding steroid dienone is 1. The normalized spacial score (nSPS) is 14.7. The molecule has 1 atom stereocenters. The van der Waals surface area contributed by atoms with Gasteiger partial charge in [-0.05, 0) is 42.3 Å². The molecule has 2 heterocycles. The van der Waals surface area contributed by atoms with Gasteiger partial charge in [-0.2, -0.15) is 4.98 Å². The second kappa shape index (κ2) is 10.5. The molecular formula is C27H24ClN5O2S. The number of hydrogen-bond acceptors (Lipinski definition) is 6. The Morgan fingerprint density at radius 1 is 1.08 bits per heavy atom. The molecule has 4 aromatic rings. The molecule has 9 heteroatoms. The summed E-state index contributed by atoms with van der Waals surface area (Å²) in [5.74, 6) is 1.64. The standard InChI is InChI=1S/C27H24ClN5O2S/c1-17-23(25(34)30-21-10-6-7-11-22(21)35-2)24(19-12-14-20(28)15-13-19)33-26(29-17)31-27(32-33)36-16-18-8-4-3-5-9-18/h3-15,24H,16H2,1-2H3,(H,30,34)(H,29,31,32)/t24-/m1/s1. The van der Waals surface area contributed by atoms with Crippen molar-refractivity contribution in [2.45, 2.75) is 23.9 Å². The molecule has 0 saturated heterocycles. The molecule has 0 bridgehead atoms. The van der Waals surface area contributed by atoms with E-state index in [4.69, 9.17) is 26.4 Å². The average molecular weight is 518 g/mol. The highest BCUT2D eigenvalue weighted by Gasteiger charge is 2.34.